The first-order valence-electron chi connectivity index (χ1n) is 12.9. The normalized spacial score (nSPS) is 22.2. The summed E-state index contributed by atoms with van der Waals surface area (Å²) in [4.78, 5) is 20.9. The quantitative estimate of drug-likeness (QED) is 0.580. The van der Waals surface area contributed by atoms with Gasteiger partial charge in [0.2, 0.25) is 5.91 Å². The van der Waals surface area contributed by atoms with E-state index in [4.69, 9.17) is 4.63 Å². The maximum Gasteiger partial charge on any atom is 0.230 e. The minimum Gasteiger partial charge on any atom is -0.367 e. The van der Waals surface area contributed by atoms with Gasteiger partial charge in [-0.1, -0.05) is 43.5 Å². The number of rotatable bonds is 4. The number of carbonyl (C=O) groups excluding carboxylic acids is 1. The molecule has 1 saturated carbocycles. The van der Waals surface area contributed by atoms with Crippen molar-refractivity contribution in [3.63, 3.8) is 0 Å². The number of aryl methyl sites for hydroxylation is 1. The van der Waals surface area contributed by atoms with Crippen LogP contribution in [0.2, 0.25) is 0 Å². The summed E-state index contributed by atoms with van der Waals surface area (Å²) in [6.45, 7) is 4.77. The van der Waals surface area contributed by atoms with Crippen LogP contribution in [-0.2, 0) is 11.2 Å². The number of anilines is 2. The molecule has 0 N–H and O–H groups in total. The van der Waals surface area contributed by atoms with Gasteiger partial charge in [0.1, 0.15) is 5.52 Å². The van der Waals surface area contributed by atoms with Gasteiger partial charge in [-0.25, -0.2) is 4.63 Å². The molecule has 7 heteroatoms. The summed E-state index contributed by atoms with van der Waals surface area (Å²) >= 11 is 0. The van der Waals surface area contributed by atoms with Crippen LogP contribution >= 0.6 is 0 Å². The monoisotopic (exact) mass is 459 g/mol. The number of aromatic nitrogens is 2. The number of carbonyl (C=O) groups is 1. The molecule has 2 fully saturated rings. The van der Waals surface area contributed by atoms with Crippen LogP contribution in [0.1, 0.15) is 44.1 Å². The fraction of sp³-hybridized carbons (Fsp3) is 0.519. The molecule has 7 nitrogen and oxygen atoms in total. The molecule has 34 heavy (non-hydrogen) atoms. The molecule has 6 rings (SSSR count). The van der Waals surface area contributed by atoms with Crippen LogP contribution in [0.15, 0.2) is 47.1 Å². The lowest BCUT2D eigenvalue weighted by molar-refractivity contribution is -0.124. The van der Waals surface area contributed by atoms with E-state index in [1.54, 1.807) is 0 Å². The molecule has 1 aromatic heterocycles. The van der Waals surface area contributed by atoms with E-state index in [1.807, 2.05) is 12.1 Å². The van der Waals surface area contributed by atoms with Crippen molar-refractivity contribution in [1.82, 2.24) is 15.2 Å². The summed E-state index contributed by atoms with van der Waals surface area (Å²) in [6, 6.07) is 14.8. The summed E-state index contributed by atoms with van der Waals surface area (Å²) in [5.41, 5.74) is 5.21. The van der Waals surface area contributed by atoms with Gasteiger partial charge in [0, 0.05) is 50.4 Å². The number of hydrogen-bond acceptors (Lipinski definition) is 6. The molecule has 2 aromatic carbocycles. The molecule has 1 saturated heterocycles. The predicted octanol–water partition coefficient (Wildman–Crippen LogP) is 4.27. The predicted molar refractivity (Wildman–Crippen MR) is 133 cm³/mol. The van der Waals surface area contributed by atoms with Crippen LogP contribution in [0.5, 0.6) is 0 Å². The molecule has 3 aliphatic rings. The largest absolute Gasteiger partial charge is 0.367 e. The average Bonchev–Trinajstić information content (AvgIpc) is 3.38. The van der Waals surface area contributed by atoms with E-state index in [2.05, 4.69) is 55.3 Å². The highest BCUT2D eigenvalue weighted by molar-refractivity contribution is 5.97. The fourth-order valence-corrected chi connectivity index (χ4v) is 6.14. The fourth-order valence-electron chi connectivity index (χ4n) is 6.14. The van der Waals surface area contributed by atoms with Gasteiger partial charge in [-0.15, -0.1) is 0 Å². The Morgan fingerprint density at radius 2 is 1.68 bits per heavy atom. The topological polar surface area (TPSA) is 65.7 Å². The Balaban J connectivity index is 1.17. The summed E-state index contributed by atoms with van der Waals surface area (Å²) in [7, 11) is 0. The molecule has 0 bridgehead atoms. The third kappa shape index (κ3) is 4.06. The van der Waals surface area contributed by atoms with Gasteiger partial charge < -0.3 is 9.80 Å². The Labute approximate surface area is 200 Å². The molecule has 178 valence electrons. The Kier molecular flexibility index (Phi) is 5.95. The number of amides is 1. The zero-order valence-electron chi connectivity index (χ0n) is 19.7. The SMILES string of the molecule is O=C(C1CCCCC1)N1c2ccccc2CCC1CN1CCN(c2cccc3nonc23)CC1. The van der Waals surface area contributed by atoms with Crippen LogP contribution in [0.3, 0.4) is 0 Å². The van der Waals surface area contributed by atoms with Crippen LogP contribution in [0.4, 0.5) is 11.4 Å². The first-order valence-corrected chi connectivity index (χ1v) is 12.9. The first kappa shape index (κ1) is 21.6. The van der Waals surface area contributed by atoms with Crippen molar-refractivity contribution in [2.24, 2.45) is 5.92 Å². The van der Waals surface area contributed by atoms with E-state index in [-0.39, 0.29) is 12.0 Å². The van der Waals surface area contributed by atoms with E-state index in [0.717, 1.165) is 80.8 Å². The molecular weight excluding hydrogens is 426 g/mol. The number of para-hydroxylation sites is 1. The van der Waals surface area contributed by atoms with E-state index >= 15 is 0 Å². The third-order valence-corrected chi connectivity index (χ3v) is 8.00. The van der Waals surface area contributed by atoms with Crippen molar-refractivity contribution in [1.29, 1.82) is 0 Å². The van der Waals surface area contributed by atoms with Gasteiger partial charge >= 0.3 is 0 Å². The minimum atomic E-state index is 0.191. The van der Waals surface area contributed by atoms with Gasteiger partial charge in [0.15, 0.2) is 5.52 Å². The van der Waals surface area contributed by atoms with Crippen molar-refractivity contribution < 1.29 is 9.42 Å². The minimum absolute atomic E-state index is 0.191. The van der Waals surface area contributed by atoms with Gasteiger partial charge in [-0.2, -0.15) is 0 Å². The Bertz CT molecular complexity index is 1150. The standard InChI is InChI=1S/C27H33N5O2/c33-27(21-8-2-1-3-9-21)32-22(14-13-20-7-4-5-11-24(20)32)19-30-15-17-31(18-16-30)25-12-6-10-23-26(25)29-34-28-23/h4-7,10-12,21-22H,1-3,8-9,13-19H2. The van der Waals surface area contributed by atoms with Crippen molar-refractivity contribution in [2.75, 3.05) is 42.5 Å². The summed E-state index contributed by atoms with van der Waals surface area (Å²) in [6.07, 6.45) is 7.83. The van der Waals surface area contributed by atoms with E-state index in [9.17, 15) is 4.79 Å². The number of hydrogen-bond donors (Lipinski definition) is 0. The second-order valence-electron chi connectivity index (χ2n) is 10.1. The molecule has 3 heterocycles. The highest BCUT2D eigenvalue weighted by Gasteiger charge is 2.36. The number of fused-ring (bicyclic) bond motifs is 2. The van der Waals surface area contributed by atoms with Gasteiger partial charge in [-0.05, 0) is 59.8 Å². The highest BCUT2D eigenvalue weighted by Crippen LogP contribution is 2.35. The third-order valence-electron chi connectivity index (χ3n) is 8.00. The Morgan fingerprint density at radius 1 is 0.882 bits per heavy atom. The van der Waals surface area contributed by atoms with Crippen LogP contribution < -0.4 is 9.80 Å². The maximum atomic E-state index is 13.8. The second kappa shape index (κ2) is 9.37. The maximum absolute atomic E-state index is 13.8. The highest BCUT2D eigenvalue weighted by atomic mass is 16.6. The Hall–Kier alpha value is -2.93. The lowest BCUT2D eigenvalue weighted by Gasteiger charge is -2.43. The van der Waals surface area contributed by atoms with Crippen LogP contribution in [-0.4, -0.2) is 59.9 Å². The molecule has 0 radical (unpaired) electrons. The lowest BCUT2D eigenvalue weighted by Crippen LogP contribution is -2.55. The summed E-state index contributed by atoms with van der Waals surface area (Å²) in [5.74, 6) is 0.552. The molecule has 1 unspecified atom stereocenters. The van der Waals surface area contributed by atoms with Gasteiger partial charge in [-0.3, -0.25) is 9.69 Å². The van der Waals surface area contributed by atoms with Crippen LogP contribution in [0, 0.1) is 5.92 Å². The molecule has 3 aromatic rings. The first-order chi connectivity index (χ1) is 16.8. The van der Waals surface area contributed by atoms with E-state index in [1.165, 1.54) is 24.8 Å². The smallest absolute Gasteiger partial charge is 0.230 e. The van der Waals surface area contributed by atoms with Crippen LogP contribution in [0.25, 0.3) is 11.0 Å². The Morgan fingerprint density at radius 3 is 2.53 bits per heavy atom. The number of benzene rings is 2. The van der Waals surface area contributed by atoms with Gasteiger partial charge in [0.25, 0.3) is 0 Å². The summed E-state index contributed by atoms with van der Waals surface area (Å²) < 4.78 is 4.96. The molecular formula is C27H33N5O2. The van der Waals surface area contributed by atoms with E-state index in [0.29, 0.717) is 5.91 Å². The van der Waals surface area contributed by atoms with Crippen molar-refractivity contribution in [3.8, 4) is 0 Å². The van der Waals surface area contributed by atoms with Crippen molar-refractivity contribution in [3.05, 3.63) is 48.0 Å². The van der Waals surface area contributed by atoms with Gasteiger partial charge in [0.05, 0.1) is 5.69 Å². The van der Waals surface area contributed by atoms with Crippen molar-refractivity contribution >= 4 is 28.3 Å². The lowest BCUT2D eigenvalue weighted by atomic mass is 9.86. The zero-order chi connectivity index (χ0) is 22.9. The summed E-state index contributed by atoms with van der Waals surface area (Å²) in [5, 5.41) is 8.10. The zero-order valence-corrected chi connectivity index (χ0v) is 19.7. The molecule has 1 amide bonds. The van der Waals surface area contributed by atoms with E-state index < -0.39 is 0 Å². The second-order valence-corrected chi connectivity index (χ2v) is 10.1. The van der Waals surface area contributed by atoms with Crippen molar-refractivity contribution in [2.45, 2.75) is 51.0 Å². The molecule has 0 spiro atoms. The molecule has 1 atom stereocenters. The molecule has 2 aliphatic heterocycles. The average molecular weight is 460 g/mol. The number of piperazine rings is 1. The molecule has 1 aliphatic carbocycles. The number of nitrogens with zero attached hydrogens (tertiary/aromatic N) is 5.